The molecule has 0 fully saturated rings. The molecular formula is C20H21ClN2O2. The molecule has 0 aliphatic carbocycles. The number of hydrogen-bond donors (Lipinski definition) is 1. The molecule has 0 spiro atoms. The van der Waals surface area contributed by atoms with Gasteiger partial charge in [-0.1, -0.05) is 48.0 Å². The minimum atomic E-state index is -0.637. The lowest BCUT2D eigenvalue weighted by Gasteiger charge is -2.23. The summed E-state index contributed by atoms with van der Waals surface area (Å²) in [5, 5.41) is 10.7. The standard InChI is InChI=1S/C20H21ClN2O2/c1-15(24)19(25-14-16-7-3-2-4-8-16)18-10-6-12-23(18)13-17-9-5-11-22-20(17)21/h2-12,15,19,24H,13-14H2,1H3. The Morgan fingerprint density at radius 2 is 1.92 bits per heavy atom. The highest BCUT2D eigenvalue weighted by molar-refractivity contribution is 6.30. The SMILES string of the molecule is CC(O)C(OCc1ccccc1)c1cccn1Cc1cccnc1Cl. The van der Waals surface area contributed by atoms with Crippen molar-refractivity contribution in [1.82, 2.24) is 9.55 Å². The van der Waals surface area contributed by atoms with Gasteiger partial charge in [-0.05, 0) is 30.7 Å². The lowest BCUT2D eigenvalue weighted by atomic mass is 10.1. The van der Waals surface area contributed by atoms with E-state index in [2.05, 4.69) is 4.98 Å². The molecule has 25 heavy (non-hydrogen) atoms. The van der Waals surface area contributed by atoms with E-state index >= 15 is 0 Å². The number of aromatic nitrogens is 2. The highest BCUT2D eigenvalue weighted by Gasteiger charge is 2.22. The van der Waals surface area contributed by atoms with Crippen LogP contribution in [-0.2, 0) is 17.9 Å². The highest BCUT2D eigenvalue weighted by atomic mass is 35.5. The quantitative estimate of drug-likeness (QED) is 0.644. The molecule has 0 saturated heterocycles. The van der Waals surface area contributed by atoms with Gasteiger partial charge in [-0.3, -0.25) is 0 Å². The minimum absolute atomic E-state index is 0.425. The van der Waals surface area contributed by atoms with Crippen molar-refractivity contribution in [2.24, 2.45) is 0 Å². The largest absolute Gasteiger partial charge is 0.390 e. The van der Waals surface area contributed by atoms with Crippen molar-refractivity contribution >= 4 is 11.6 Å². The normalized spacial score (nSPS) is 13.6. The van der Waals surface area contributed by atoms with E-state index in [9.17, 15) is 5.11 Å². The first-order valence-corrected chi connectivity index (χ1v) is 8.61. The van der Waals surface area contributed by atoms with E-state index in [1.54, 1.807) is 13.1 Å². The maximum atomic E-state index is 10.2. The first kappa shape index (κ1) is 17.7. The van der Waals surface area contributed by atoms with Crippen LogP contribution in [-0.4, -0.2) is 20.8 Å². The summed E-state index contributed by atoms with van der Waals surface area (Å²) in [5.41, 5.74) is 2.90. The minimum Gasteiger partial charge on any atom is -0.390 e. The summed E-state index contributed by atoms with van der Waals surface area (Å²) in [6.45, 7) is 2.76. The summed E-state index contributed by atoms with van der Waals surface area (Å²) in [6.07, 6.45) is 2.57. The Labute approximate surface area is 152 Å². The number of aliphatic hydroxyl groups excluding tert-OH is 1. The van der Waals surface area contributed by atoms with E-state index < -0.39 is 12.2 Å². The van der Waals surface area contributed by atoms with Crippen LogP contribution < -0.4 is 0 Å². The van der Waals surface area contributed by atoms with Crippen LogP contribution in [0.25, 0.3) is 0 Å². The van der Waals surface area contributed by atoms with Crippen molar-refractivity contribution in [1.29, 1.82) is 0 Å². The lowest BCUT2D eigenvalue weighted by molar-refractivity contribution is -0.0440. The first-order chi connectivity index (χ1) is 12.1. The van der Waals surface area contributed by atoms with Crippen molar-refractivity contribution < 1.29 is 9.84 Å². The van der Waals surface area contributed by atoms with Gasteiger partial charge in [0, 0.05) is 23.7 Å². The van der Waals surface area contributed by atoms with Crippen LogP contribution in [0.3, 0.4) is 0 Å². The Hall–Kier alpha value is -2.14. The first-order valence-electron chi connectivity index (χ1n) is 8.23. The van der Waals surface area contributed by atoms with Crippen molar-refractivity contribution in [3.63, 3.8) is 0 Å². The Bertz CT molecular complexity index is 802. The Balaban J connectivity index is 1.78. The van der Waals surface area contributed by atoms with Crippen molar-refractivity contribution in [2.45, 2.75) is 32.3 Å². The lowest BCUT2D eigenvalue weighted by Crippen LogP contribution is -2.21. The van der Waals surface area contributed by atoms with Gasteiger partial charge < -0.3 is 14.4 Å². The summed E-state index contributed by atoms with van der Waals surface area (Å²) in [5.74, 6) is 0. The molecule has 2 unspecified atom stereocenters. The van der Waals surface area contributed by atoms with Crippen molar-refractivity contribution in [3.05, 3.63) is 89.0 Å². The number of benzene rings is 1. The number of aliphatic hydroxyl groups is 1. The van der Waals surface area contributed by atoms with Gasteiger partial charge in [0.2, 0.25) is 0 Å². The van der Waals surface area contributed by atoms with Crippen LogP contribution in [0.4, 0.5) is 0 Å². The molecule has 2 aromatic heterocycles. The number of halogens is 1. The van der Waals surface area contributed by atoms with Crippen LogP contribution in [0, 0.1) is 0 Å². The Morgan fingerprint density at radius 1 is 1.12 bits per heavy atom. The zero-order chi connectivity index (χ0) is 17.6. The topological polar surface area (TPSA) is 47.3 Å². The molecule has 4 nitrogen and oxygen atoms in total. The molecule has 0 radical (unpaired) electrons. The molecule has 5 heteroatoms. The van der Waals surface area contributed by atoms with Crippen LogP contribution in [0.2, 0.25) is 5.15 Å². The maximum Gasteiger partial charge on any atom is 0.133 e. The van der Waals surface area contributed by atoms with E-state index in [-0.39, 0.29) is 0 Å². The number of ether oxygens (including phenoxy) is 1. The third-order valence-electron chi connectivity index (χ3n) is 4.04. The Morgan fingerprint density at radius 3 is 2.64 bits per heavy atom. The molecular weight excluding hydrogens is 336 g/mol. The zero-order valence-electron chi connectivity index (χ0n) is 14.0. The molecule has 2 atom stereocenters. The molecule has 0 amide bonds. The van der Waals surface area contributed by atoms with Gasteiger partial charge in [-0.15, -0.1) is 0 Å². The van der Waals surface area contributed by atoms with Crippen LogP contribution in [0.15, 0.2) is 67.0 Å². The third-order valence-corrected chi connectivity index (χ3v) is 4.38. The molecule has 1 aromatic carbocycles. The maximum absolute atomic E-state index is 10.2. The van der Waals surface area contributed by atoms with E-state index in [1.165, 1.54) is 0 Å². The fourth-order valence-corrected chi connectivity index (χ4v) is 2.96. The predicted octanol–water partition coefficient (Wildman–Crippen LogP) is 4.22. The molecule has 0 aliphatic rings. The van der Waals surface area contributed by atoms with Crippen LogP contribution in [0.5, 0.6) is 0 Å². The molecule has 2 heterocycles. The van der Waals surface area contributed by atoms with Gasteiger partial charge in [0.25, 0.3) is 0 Å². The fourth-order valence-electron chi connectivity index (χ4n) is 2.78. The van der Waals surface area contributed by atoms with Crippen LogP contribution in [0.1, 0.15) is 29.8 Å². The summed E-state index contributed by atoms with van der Waals surface area (Å²) in [7, 11) is 0. The number of rotatable bonds is 7. The summed E-state index contributed by atoms with van der Waals surface area (Å²) in [4.78, 5) is 4.12. The summed E-state index contributed by atoms with van der Waals surface area (Å²) >= 11 is 6.17. The van der Waals surface area contributed by atoms with E-state index in [1.807, 2.05) is 65.4 Å². The molecule has 130 valence electrons. The predicted molar refractivity (Wildman–Crippen MR) is 98.4 cm³/mol. The van der Waals surface area contributed by atoms with E-state index in [0.717, 1.165) is 16.8 Å². The highest BCUT2D eigenvalue weighted by Crippen LogP contribution is 2.25. The van der Waals surface area contributed by atoms with Crippen LogP contribution >= 0.6 is 11.6 Å². The molecule has 3 rings (SSSR count). The molecule has 0 saturated carbocycles. The average molecular weight is 357 g/mol. The third kappa shape index (κ3) is 4.48. The second-order valence-corrected chi connectivity index (χ2v) is 6.33. The monoisotopic (exact) mass is 356 g/mol. The van der Waals surface area contributed by atoms with Gasteiger partial charge in [0.15, 0.2) is 0 Å². The second kappa shape index (κ2) is 8.30. The summed E-state index contributed by atoms with van der Waals surface area (Å²) < 4.78 is 8.06. The smallest absolute Gasteiger partial charge is 0.133 e. The number of hydrogen-bond acceptors (Lipinski definition) is 3. The van der Waals surface area contributed by atoms with Crippen molar-refractivity contribution in [2.75, 3.05) is 0 Å². The Kier molecular flexibility index (Phi) is 5.87. The molecule has 3 aromatic rings. The fraction of sp³-hybridized carbons (Fsp3) is 0.250. The van der Waals surface area contributed by atoms with Gasteiger partial charge in [0.05, 0.1) is 19.3 Å². The van der Waals surface area contributed by atoms with Gasteiger partial charge in [-0.2, -0.15) is 0 Å². The molecule has 0 bridgehead atoms. The molecule has 0 aliphatic heterocycles. The van der Waals surface area contributed by atoms with E-state index in [0.29, 0.717) is 18.3 Å². The number of nitrogens with zero attached hydrogens (tertiary/aromatic N) is 2. The number of pyridine rings is 1. The van der Waals surface area contributed by atoms with Gasteiger partial charge in [-0.25, -0.2) is 4.98 Å². The average Bonchev–Trinajstić information content (AvgIpc) is 3.06. The van der Waals surface area contributed by atoms with Gasteiger partial charge in [0.1, 0.15) is 11.3 Å². The van der Waals surface area contributed by atoms with E-state index in [4.69, 9.17) is 16.3 Å². The zero-order valence-corrected chi connectivity index (χ0v) is 14.8. The van der Waals surface area contributed by atoms with Gasteiger partial charge >= 0.3 is 0 Å². The summed E-state index contributed by atoms with van der Waals surface area (Å²) in [6, 6.07) is 17.7. The van der Waals surface area contributed by atoms with Crippen molar-refractivity contribution in [3.8, 4) is 0 Å². The molecule has 1 N–H and O–H groups in total. The second-order valence-electron chi connectivity index (χ2n) is 5.97.